The summed E-state index contributed by atoms with van der Waals surface area (Å²) in [5.41, 5.74) is 1.14. The number of anilines is 1. The van der Waals surface area contributed by atoms with E-state index in [1.165, 1.54) is 24.3 Å². The lowest BCUT2D eigenvalue weighted by Gasteiger charge is -2.31. The number of nitrogens with one attached hydrogen (secondary N) is 1. The Labute approximate surface area is 213 Å². The molecule has 1 atom stereocenters. The topological polar surface area (TPSA) is 96.0 Å². The largest absolute Gasteiger partial charge is 0.497 e. The molecule has 0 aromatic heterocycles. The van der Waals surface area contributed by atoms with E-state index in [4.69, 9.17) is 4.74 Å². The van der Waals surface area contributed by atoms with Crippen LogP contribution >= 0.6 is 0 Å². The average molecular weight is 522 g/mol. The maximum absolute atomic E-state index is 13.4. The fourth-order valence-corrected chi connectivity index (χ4v) is 4.83. The van der Waals surface area contributed by atoms with Crippen molar-refractivity contribution in [3.05, 3.63) is 59.9 Å². The normalized spacial score (nSPS) is 12.0. The first-order valence-electron chi connectivity index (χ1n) is 12.0. The third-order valence-corrected chi connectivity index (χ3v) is 6.88. The highest BCUT2D eigenvalue weighted by Crippen LogP contribution is 2.21. The van der Waals surface area contributed by atoms with Crippen molar-refractivity contribution < 1.29 is 27.1 Å². The molecule has 2 aromatic carbocycles. The molecule has 0 bridgehead atoms. The molecule has 2 amide bonds. The van der Waals surface area contributed by atoms with Crippen molar-refractivity contribution in [1.82, 2.24) is 10.2 Å². The first-order valence-corrected chi connectivity index (χ1v) is 13.9. The number of halogens is 1. The maximum atomic E-state index is 13.4. The van der Waals surface area contributed by atoms with Crippen LogP contribution < -0.4 is 14.4 Å². The number of sulfonamides is 1. The lowest BCUT2D eigenvalue weighted by atomic mass is 10.1. The zero-order valence-corrected chi connectivity index (χ0v) is 22.2. The molecule has 8 nitrogen and oxygen atoms in total. The lowest BCUT2D eigenvalue weighted by Crippen LogP contribution is -2.49. The summed E-state index contributed by atoms with van der Waals surface area (Å²) in [7, 11) is -2.08. The number of benzene rings is 2. The van der Waals surface area contributed by atoms with Gasteiger partial charge in [0.15, 0.2) is 0 Å². The molecule has 0 fully saturated rings. The number of amides is 2. The molecule has 0 radical (unpaired) electrons. The van der Waals surface area contributed by atoms with E-state index in [0.717, 1.165) is 22.5 Å². The van der Waals surface area contributed by atoms with Gasteiger partial charge >= 0.3 is 0 Å². The van der Waals surface area contributed by atoms with Crippen LogP contribution in [0.3, 0.4) is 0 Å². The first kappa shape index (κ1) is 29.1. The number of hydrogen-bond donors (Lipinski definition) is 1. The molecule has 0 spiro atoms. The Kier molecular flexibility index (Phi) is 11.2. The molecule has 36 heavy (non-hydrogen) atoms. The number of ether oxygens (including phenoxy) is 1. The zero-order chi connectivity index (χ0) is 26.7. The fraction of sp³-hybridized carbons (Fsp3) is 0.462. The molecule has 198 valence electrons. The summed E-state index contributed by atoms with van der Waals surface area (Å²) in [4.78, 5) is 27.8. The minimum atomic E-state index is -3.64. The summed E-state index contributed by atoms with van der Waals surface area (Å²) in [6.07, 6.45) is 2.53. The average Bonchev–Trinajstić information content (AvgIpc) is 2.85. The fourth-order valence-electron chi connectivity index (χ4n) is 3.86. The van der Waals surface area contributed by atoms with E-state index in [2.05, 4.69) is 5.32 Å². The summed E-state index contributed by atoms with van der Waals surface area (Å²) in [5, 5.41) is 2.87. The van der Waals surface area contributed by atoms with Gasteiger partial charge in [0.1, 0.15) is 17.6 Å². The third kappa shape index (κ3) is 8.51. The van der Waals surface area contributed by atoms with Gasteiger partial charge in [-0.15, -0.1) is 0 Å². The molecule has 2 rings (SSSR count). The second-order valence-electron chi connectivity index (χ2n) is 8.50. The van der Waals surface area contributed by atoms with Gasteiger partial charge in [0.05, 0.1) is 19.1 Å². The van der Waals surface area contributed by atoms with Crippen molar-refractivity contribution in [2.75, 3.05) is 30.8 Å². The number of methoxy groups -OCH3 is 1. The molecule has 0 saturated heterocycles. The van der Waals surface area contributed by atoms with Crippen LogP contribution in [0.15, 0.2) is 48.5 Å². The van der Waals surface area contributed by atoms with E-state index < -0.39 is 21.9 Å². The maximum Gasteiger partial charge on any atom is 0.242 e. The van der Waals surface area contributed by atoms with Crippen LogP contribution in [0.25, 0.3) is 0 Å². The van der Waals surface area contributed by atoms with Crippen LogP contribution in [-0.4, -0.2) is 57.6 Å². The van der Waals surface area contributed by atoms with Crippen LogP contribution in [0.2, 0.25) is 0 Å². The van der Waals surface area contributed by atoms with Gasteiger partial charge in [0.25, 0.3) is 0 Å². The summed E-state index contributed by atoms with van der Waals surface area (Å²) < 4.78 is 44.4. The van der Waals surface area contributed by atoms with Crippen molar-refractivity contribution >= 4 is 27.5 Å². The predicted octanol–water partition coefficient (Wildman–Crippen LogP) is 3.71. The monoisotopic (exact) mass is 521 g/mol. The van der Waals surface area contributed by atoms with E-state index >= 15 is 0 Å². The van der Waals surface area contributed by atoms with E-state index in [1.54, 1.807) is 18.1 Å². The third-order valence-electron chi connectivity index (χ3n) is 5.69. The SMILES string of the molecule is CCCNC(=O)[C@H](CC)N(Cc1cccc(OC)c1)C(=O)CCCN(c1ccc(F)cc1)S(C)(=O)=O. The second kappa shape index (κ2) is 13.8. The summed E-state index contributed by atoms with van der Waals surface area (Å²) in [6.45, 7) is 4.57. The molecule has 2 aromatic rings. The minimum absolute atomic E-state index is 0.0364. The Bertz CT molecular complexity index is 1110. The smallest absolute Gasteiger partial charge is 0.242 e. The van der Waals surface area contributed by atoms with Gasteiger partial charge in [-0.25, -0.2) is 12.8 Å². The number of carbonyl (C=O) groups is 2. The highest BCUT2D eigenvalue weighted by atomic mass is 32.2. The molecule has 0 aliphatic carbocycles. The van der Waals surface area contributed by atoms with Gasteiger partial charge in [-0.2, -0.15) is 0 Å². The molecular weight excluding hydrogens is 485 g/mol. The summed E-state index contributed by atoms with van der Waals surface area (Å²) in [6, 6.07) is 11.8. The lowest BCUT2D eigenvalue weighted by molar-refractivity contribution is -0.141. The summed E-state index contributed by atoms with van der Waals surface area (Å²) >= 11 is 0. The number of carbonyl (C=O) groups excluding carboxylic acids is 2. The van der Waals surface area contributed by atoms with Crippen LogP contribution in [0.4, 0.5) is 10.1 Å². The molecular formula is C26H36FN3O5S. The Morgan fingerprint density at radius 1 is 1.11 bits per heavy atom. The molecule has 0 saturated carbocycles. The Balaban J connectivity index is 2.21. The van der Waals surface area contributed by atoms with Crippen LogP contribution in [0.5, 0.6) is 5.75 Å². The van der Waals surface area contributed by atoms with Crippen LogP contribution in [0, 0.1) is 5.82 Å². The van der Waals surface area contributed by atoms with Crippen molar-refractivity contribution in [2.45, 2.75) is 52.1 Å². The van der Waals surface area contributed by atoms with E-state index in [0.29, 0.717) is 24.4 Å². The van der Waals surface area contributed by atoms with Gasteiger partial charge in [0.2, 0.25) is 21.8 Å². The van der Waals surface area contributed by atoms with Crippen LogP contribution in [0.1, 0.15) is 45.1 Å². The first-order chi connectivity index (χ1) is 17.1. The van der Waals surface area contributed by atoms with Gasteiger partial charge < -0.3 is 15.0 Å². The van der Waals surface area contributed by atoms with Crippen molar-refractivity contribution in [1.29, 1.82) is 0 Å². The van der Waals surface area contributed by atoms with E-state index in [9.17, 15) is 22.4 Å². The Hall–Kier alpha value is -3.14. The van der Waals surface area contributed by atoms with Crippen molar-refractivity contribution in [2.24, 2.45) is 0 Å². The van der Waals surface area contributed by atoms with Gasteiger partial charge in [-0.3, -0.25) is 13.9 Å². The molecule has 0 unspecified atom stereocenters. The number of nitrogens with zero attached hydrogens (tertiary/aromatic N) is 2. The molecule has 0 aliphatic heterocycles. The quantitative estimate of drug-likeness (QED) is 0.409. The summed E-state index contributed by atoms with van der Waals surface area (Å²) in [5.74, 6) is -0.308. The second-order valence-corrected chi connectivity index (χ2v) is 10.4. The van der Waals surface area contributed by atoms with Crippen LogP contribution in [-0.2, 0) is 26.2 Å². The predicted molar refractivity (Wildman–Crippen MR) is 139 cm³/mol. The van der Waals surface area contributed by atoms with E-state index in [1.807, 2.05) is 32.0 Å². The highest BCUT2D eigenvalue weighted by Gasteiger charge is 2.28. The van der Waals surface area contributed by atoms with Gasteiger partial charge in [-0.05, 0) is 61.2 Å². The van der Waals surface area contributed by atoms with Gasteiger partial charge in [0, 0.05) is 26.1 Å². The Morgan fingerprint density at radius 2 is 1.81 bits per heavy atom. The van der Waals surface area contributed by atoms with Crippen molar-refractivity contribution in [3.8, 4) is 5.75 Å². The van der Waals surface area contributed by atoms with E-state index in [-0.39, 0.29) is 37.7 Å². The molecule has 0 heterocycles. The van der Waals surface area contributed by atoms with Crippen molar-refractivity contribution in [3.63, 3.8) is 0 Å². The number of rotatable bonds is 14. The Morgan fingerprint density at radius 3 is 2.39 bits per heavy atom. The number of hydrogen-bond acceptors (Lipinski definition) is 5. The van der Waals surface area contributed by atoms with Gasteiger partial charge in [-0.1, -0.05) is 26.0 Å². The minimum Gasteiger partial charge on any atom is -0.497 e. The zero-order valence-electron chi connectivity index (χ0n) is 21.4. The molecule has 1 N–H and O–H groups in total. The standard InChI is InChI=1S/C26H36FN3O5S/c1-5-16-28-26(32)24(6-2)29(19-20-9-7-10-23(18-20)35-3)25(31)11-8-17-30(36(4,33)34)22-14-12-21(27)13-15-22/h7,9-10,12-15,18,24H,5-6,8,11,16-17,19H2,1-4H3,(H,28,32)/t24-/m0/s1. The highest BCUT2D eigenvalue weighted by molar-refractivity contribution is 7.92. The molecule has 10 heteroatoms. The molecule has 0 aliphatic rings.